The van der Waals surface area contributed by atoms with Crippen molar-refractivity contribution in [3.8, 4) is 0 Å². The van der Waals surface area contributed by atoms with Gasteiger partial charge in [0.15, 0.2) is 0 Å². The van der Waals surface area contributed by atoms with Crippen LogP contribution in [0.1, 0.15) is 24.5 Å². The van der Waals surface area contributed by atoms with Gasteiger partial charge in [-0.2, -0.15) is 0 Å². The first kappa shape index (κ1) is 16.9. The van der Waals surface area contributed by atoms with Crippen molar-refractivity contribution in [1.82, 2.24) is 10.2 Å². The summed E-state index contributed by atoms with van der Waals surface area (Å²) in [5.74, 6) is 0. The molecule has 1 aromatic carbocycles. The van der Waals surface area contributed by atoms with Crippen LogP contribution < -0.4 is 5.32 Å². The van der Waals surface area contributed by atoms with E-state index in [4.69, 9.17) is 5.11 Å². The van der Waals surface area contributed by atoms with Crippen LogP contribution >= 0.6 is 11.8 Å². The molecule has 0 aromatic heterocycles. The maximum Gasteiger partial charge on any atom is 0.317 e. The molecule has 1 rings (SSSR count). The zero-order valence-electron chi connectivity index (χ0n) is 12.5. The van der Waals surface area contributed by atoms with E-state index in [0.717, 1.165) is 12.0 Å². The Morgan fingerprint density at radius 3 is 2.75 bits per heavy atom. The van der Waals surface area contributed by atoms with E-state index in [2.05, 4.69) is 30.4 Å². The first-order valence-corrected chi connectivity index (χ1v) is 8.12. The van der Waals surface area contributed by atoms with Crippen molar-refractivity contribution >= 4 is 17.8 Å². The summed E-state index contributed by atoms with van der Waals surface area (Å²) in [6.07, 6.45) is 2.92. The van der Waals surface area contributed by atoms with E-state index in [9.17, 15) is 4.79 Å². The topological polar surface area (TPSA) is 52.6 Å². The van der Waals surface area contributed by atoms with Crippen molar-refractivity contribution < 1.29 is 9.90 Å². The highest BCUT2D eigenvalue weighted by molar-refractivity contribution is 7.98. The van der Waals surface area contributed by atoms with Gasteiger partial charge in [0, 0.05) is 24.5 Å². The van der Waals surface area contributed by atoms with Gasteiger partial charge in [0.2, 0.25) is 0 Å². The number of hydrogen-bond donors (Lipinski definition) is 2. The van der Waals surface area contributed by atoms with E-state index in [1.54, 1.807) is 16.7 Å². The number of rotatable bonds is 7. The Hall–Kier alpha value is -1.20. The van der Waals surface area contributed by atoms with Crippen LogP contribution in [0.4, 0.5) is 4.79 Å². The predicted octanol–water partition coefficient (Wildman–Crippen LogP) is 2.63. The van der Waals surface area contributed by atoms with Crippen molar-refractivity contribution in [3.05, 3.63) is 29.3 Å². The normalized spacial score (nSPS) is 10.4. The van der Waals surface area contributed by atoms with Crippen LogP contribution in [0.2, 0.25) is 0 Å². The molecule has 5 heteroatoms. The smallest absolute Gasteiger partial charge is 0.317 e. The zero-order chi connectivity index (χ0) is 15.0. The number of aryl methyl sites for hydroxylation is 1. The van der Waals surface area contributed by atoms with Gasteiger partial charge in [-0.3, -0.25) is 0 Å². The molecule has 0 aliphatic rings. The Kier molecular flexibility index (Phi) is 7.47. The minimum atomic E-state index is -0.117. The molecule has 0 heterocycles. The quantitative estimate of drug-likeness (QED) is 0.761. The van der Waals surface area contributed by atoms with E-state index in [1.165, 1.54) is 10.5 Å². The molecule has 2 N–H and O–H groups in total. The number of hydrogen-bond acceptors (Lipinski definition) is 3. The molecule has 0 saturated carbocycles. The highest BCUT2D eigenvalue weighted by Crippen LogP contribution is 2.21. The van der Waals surface area contributed by atoms with Gasteiger partial charge in [-0.15, -0.1) is 11.8 Å². The van der Waals surface area contributed by atoms with Crippen molar-refractivity contribution in [2.24, 2.45) is 0 Å². The highest BCUT2D eigenvalue weighted by Gasteiger charge is 2.12. The van der Waals surface area contributed by atoms with E-state index in [0.29, 0.717) is 19.6 Å². The predicted molar refractivity (Wildman–Crippen MR) is 84.1 cm³/mol. The summed E-state index contributed by atoms with van der Waals surface area (Å²) in [5, 5.41) is 11.9. The molecule has 4 nitrogen and oxygen atoms in total. The van der Waals surface area contributed by atoms with Gasteiger partial charge >= 0.3 is 6.03 Å². The third-order valence-corrected chi connectivity index (χ3v) is 3.84. The summed E-state index contributed by atoms with van der Waals surface area (Å²) in [7, 11) is 0. The maximum absolute atomic E-state index is 12.1. The van der Waals surface area contributed by atoms with Crippen molar-refractivity contribution in [2.75, 3.05) is 26.0 Å². The van der Waals surface area contributed by atoms with Gasteiger partial charge in [-0.05, 0) is 36.8 Å². The fourth-order valence-electron chi connectivity index (χ4n) is 1.99. The number of carbonyl (C=O) groups excluding carboxylic acids is 1. The number of amides is 2. The lowest BCUT2D eigenvalue weighted by atomic mass is 10.1. The maximum atomic E-state index is 12.1. The van der Waals surface area contributed by atoms with Gasteiger partial charge in [-0.25, -0.2) is 4.79 Å². The van der Waals surface area contributed by atoms with Gasteiger partial charge < -0.3 is 15.3 Å². The van der Waals surface area contributed by atoms with E-state index in [1.807, 2.05) is 13.2 Å². The van der Waals surface area contributed by atoms with E-state index in [-0.39, 0.29) is 12.6 Å². The second kappa shape index (κ2) is 8.87. The van der Waals surface area contributed by atoms with Crippen LogP contribution in [0.5, 0.6) is 0 Å². The Labute approximate surface area is 125 Å². The Bertz CT molecular complexity index is 432. The van der Waals surface area contributed by atoms with Crippen molar-refractivity contribution in [3.63, 3.8) is 0 Å². The zero-order valence-corrected chi connectivity index (χ0v) is 13.3. The van der Waals surface area contributed by atoms with Crippen LogP contribution in [0, 0.1) is 6.92 Å². The van der Waals surface area contributed by atoms with Crippen LogP contribution in [-0.2, 0) is 6.54 Å². The highest BCUT2D eigenvalue weighted by atomic mass is 32.2. The fraction of sp³-hybridized carbons (Fsp3) is 0.533. The monoisotopic (exact) mass is 296 g/mol. The molecule has 1 aromatic rings. The van der Waals surface area contributed by atoms with Crippen LogP contribution in [0.25, 0.3) is 0 Å². The molecule has 0 unspecified atom stereocenters. The summed E-state index contributed by atoms with van der Waals surface area (Å²) >= 11 is 1.69. The first-order chi connectivity index (χ1) is 9.62. The van der Waals surface area contributed by atoms with Crippen LogP contribution in [-0.4, -0.2) is 42.0 Å². The number of aliphatic hydroxyl groups excluding tert-OH is 1. The molecule has 0 bridgehead atoms. The standard InChI is InChI=1S/C15H24N2O2S/c1-4-7-17(8-9-18)15(19)16-11-13-6-5-12(2)10-14(13)20-3/h5-6,10,18H,4,7-9,11H2,1-3H3,(H,16,19). The molecule has 112 valence electrons. The lowest BCUT2D eigenvalue weighted by Crippen LogP contribution is -2.41. The summed E-state index contributed by atoms with van der Waals surface area (Å²) in [4.78, 5) is 14.9. The number of thioether (sulfide) groups is 1. The Morgan fingerprint density at radius 1 is 1.40 bits per heavy atom. The number of benzene rings is 1. The molecular formula is C15H24N2O2S. The fourth-order valence-corrected chi connectivity index (χ4v) is 2.69. The number of carbonyl (C=O) groups is 1. The molecular weight excluding hydrogens is 272 g/mol. The number of nitrogens with zero attached hydrogens (tertiary/aromatic N) is 1. The lowest BCUT2D eigenvalue weighted by Gasteiger charge is -2.22. The van der Waals surface area contributed by atoms with Gasteiger partial charge in [-0.1, -0.05) is 19.1 Å². The number of nitrogens with one attached hydrogen (secondary N) is 1. The Morgan fingerprint density at radius 2 is 2.15 bits per heavy atom. The minimum absolute atomic E-state index is 0.00594. The second-order valence-corrected chi connectivity index (χ2v) is 5.53. The second-order valence-electron chi connectivity index (χ2n) is 4.68. The molecule has 0 atom stereocenters. The third-order valence-electron chi connectivity index (χ3n) is 3.02. The van der Waals surface area contributed by atoms with Gasteiger partial charge in [0.1, 0.15) is 0 Å². The van der Waals surface area contributed by atoms with Gasteiger partial charge in [0.25, 0.3) is 0 Å². The van der Waals surface area contributed by atoms with E-state index < -0.39 is 0 Å². The largest absolute Gasteiger partial charge is 0.395 e. The summed E-state index contributed by atoms with van der Waals surface area (Å²) < 4.78 is 0. The summed E-state index contributed by atoms with van der Waals surface area (Å²) in [6, 6.07) is 6.12. The summed E-state index contributed by atoms with van der Waals surface area (Å²) in [5.41, 5.74) is 2.34. The number of urea groups is 1. The third kappa shape index (κ3) is 5.06. The molecule has 0 fully saturated rings. The van der Waals surface area contributed by atoms with Crippen LogP contribution in [0.15, 0.2) is 23.1 Å². The number of aliphatic hydroxyl groups is 1. The average Bonchev–Trinajstić information content (AvgIpc) is 2.45. The van der Waals surface area contributed by atoms with E-state index >= 15 is 0 Å². The average molecular weight is 296 g/mol. The lowest BCUT2D eigenvalue weighted by molar-refractivity contribution is 0.177. The molecule has 0 spiro atoms. The van der Waals surface area contributed by atoms with Crippen molar-refractivity contribution in [1.29, 1.82) is 0 Å². The molecule has 0 radical (unpaired) electrons. The van der Waals surface area contributed by atoms with Gasteiger partial charge in [0.05, 0.1) is 6.61 Å². The molecule has 0 saturated heterocycles. The Balaban J connectivity index is 2.63. The van der Waals surface area contributed by atoms with Crippen molar-refractivity contribution in [2.45, 2.75) is 31.7 Å². The molecule has 2 amide bonds. The summed E-state index contributed by atoms with van der Waals surface area (Å²) in [6.45, 7) is 5.63. The molecule has 20 heavy (non-hydrogen) atoms. The minimum Gasteiger partial charge on any atom is -0.395 e. The molecule has 0 aliphatic carbocycles. The first-order valence-electron chi connectivity index (χ1n) is 6.89. The molecule has 0 aliphatic heterocycles. The van der Waals surface area contributed by atoms with Crippen LogP contribution in [0.3, 0.4) is 0 Å². The SMILES string of the molecule is CCCN(CCO)C(=O)NCc1ccc(C)cc1SC.